The molecule has 0 saturated heterocycles. The molecule has 0 unspecified atom stereocenters. The van der Waals surface area contributed by atoms with Gasteiger partial charge < -0.3 is 5.32 Å². The van der Waals surface area contributed by atoms with Gasteiger partial charge in [-0.1, -0.05) is 0 Å². The van der Waals surface area contributed by atoms with E-state index < -0.39 is 0 Å². The van der Waals surface area contributed by atoms with Gasteiger partial charge in [-0.25, -0.2) is 19.5 Å². The molecule has 4 aromatic rings. The van der Waals surface area contributed by atoms with Gasteiger partial charge in [-0.15, -0.1) is 5.10 Å². The number of nitrogens with zero attached hydrogens (tertiary/aromatic N) is 5. The number of nitrogens with one attached hydrogen (secondary N) is 1. The van der Waals surface area contributed by atoms with Crippen LogP contribution in [-0.4, -0.2) is 30.6 Å². The number of aromatic nitrogens is 5. The minimum Gasteiger partial charge on any atom is -0.350 e. The molecule has 0 atom stereocenters. The van der Waals surface area contributed by atoms with E-state index in [-0.39, 0.29) is 0 Å². The third kappa shape index (κ3) is 2.19. The van der Waals surface area contributed by atoms with Crippen LogP contribution < -0.4 is 5.32 Å². The van der Waals surface area contributed by atoms with E-state index in [2.05, 4.69) is 37.5 Å². The Morgan fingerprint density at radius 2 is 2.04 bits per heavy atom. The Morgan fingerprint density at radius 1 is 1.08 bits per heavy atom. The highest BCUT2D eigenvalue weighted by Gasteiger charge is 2.18. The van der Waals surface area contributed by atoms with E-state index in [0.717, 1.165) is 27.7 Å². The zero-order valence-electron chi connectivity index (χ0n) is 13.1. The highest BCUT2D eigenvalue weighted by molar-refractivity contribution is 5.86. The van der Waals surface area contributed by atoms with Crippen molar-refractivity contribution >= 4 is 22.5 Å². The lowest BCUT2D eigenvalue weighted by Gasteiger charge is -2.26. The summed E-state index contributed by atoms with van der Waals surface area (Å²) < 4.78 is 1.87. The third-order valence-electron chi connectivity index (χ3n) is 4.62. The summed E-state index contributed by atoms with van der Waals surface area (Å²) in [6.07, 6.45) is 11.1. The maximum absolute atomic E-state index is 4.57. The molecule has 6 nitrogen and oxygen atoms in total. The molecule has 0 radical (unpaired) electrons. The number of hydrogen-bond donors (Lipinski definition) is 1. The van der Waals surface area contributed by atoms with Crippen molar-refractivity contribution in [2.45, 2.75) is 25.3 Å². The van der Waals surface area contributed by atoms with Gasteiger partial charge in [0.15, 0.2) is 5.65 Å². The Bertz CT molecular complexity index is 1030. The molecule has 4 aromatic heterocycles. The lowest BCUT2D eigenvalue weighted by molar-refractivity contribution is 0.442. The van der Waals surface area contributed by atoms with Crippen LogP contribution in [0.15, 0.2) is 49.1 Å². The summed E-state index contributed by atoms with van der Waals surface area (Å²) in [5.74, 6) is 0.690. The van der Waals surface area contributed by atoms with Crippen LogP contribution in [0.5, 0.6) is 0 Å². The van der Waals surface area contributed by atoms with Crippen molar-refractivity contribution < 1.29 is 0 Å². The first-order valence-electron chi connectivity index (χ1n) is 8.19. The molecule has 1 fully saturated rings. The van der Waals surface area contributed by atoms with Gasteiger partial charge in [0.25, 0.3) is 0 Å². The van der Waals surface area contributed by atoms with E-state index in [1.165, 1.54) is 19.3 Å². The van der Waals surface area contributed by atoms with Crippen LogP contribution in [0.3, 0.4) is 0 Å². The van der Waals surface area contributed by atoms with Crippen molar-refractivity contribution in [3.63, 3.8) is 0 Å². The molecular formula is C18H16N6. The molecule has 1 aliphatic rings. The lowest BCUT2D eigenvalue weighted by Crippen LogP contribution is -2.28. The first kappa shape index (κ1) is 13.4. The maximum Gasteiger partial charge on any atom is 0.241 e. The molecular weight excluding hydrogens is 300 g/mol. The van der Waals surface area contributed by atoms with Crippen molar-refractivity contribution in [1.82, 2.24) is 24.6 Å². The van der Waals surface area contributed by atoms with Crippen LogP contribution in [0.1, 0.15) is 19.3 Å². The Hall–Kier alpha value is -3.02. The van der Waals surface area contributed by atoms with Gasteiger partial charge in [0.05, 0.1) is 11.7 Å². The summed E-state index contributed by atoms with van der Waals surface area (Å²) in [4.78, 5) is 13.2. The molecule has 118 valence electrons. The normalized spacial score (nSPS) is 14.8. The van der Waals surface area contributed by atoms with Crippen molar-refractivity contribution in [2.24, 2.45) is 0 Å². The van der Waals surface area contributed by atoms with Gasteiger partial charge in [-0.3, -0.25) is 0 Å². The number of anilines is 1. The molecule has 4 heterocycles. The average Bonchev–Trinajstić information content (AvgIpc) is 3.01. The Balaban J connectivity index is 1.55. The first-order chi connectivity index (χ1) is 11.9. The summed E-state index contributed by atoms with van der Waals surface area (Å²) in [7, 11) is 0. The molecule has 0 bridgehead atoms. The molecule has 1 saturated carbocycles. The number of pyridine rings is 2. The topological polar surface area (TPSA) is 68.0 Å². The second-order valence-electron chi connectivity index (χ2n) is 6.19. The van der Waals surface area contributed by atoms with Crippen LogP contribution in [0.25, 0.3) is 27.7 Å². The minimum absolute atomic E-state index is 0.523. The lowest BCUT2D eigenvalue weighted by atomic mass is 9.93. The average molecular weight is 316 g/mol. The molecule has 0 amide bonds. The Labute approximate surface area is 138 Å². The number of hydrogen-bond acceptors (Lipinski definition) is 5. The van der Waals surface area contributed by atoms with E-state index in [4.69, 9.17) is 0 Å². The fourth-order valence-electron chi connectivity index (χ4n) is 3.06. The first-order valence-corrected chi connectivity index (χ1v) is 8.19. The monoisotopic (exact) mass is 316 g/mol. The fraction of sp³-hybridized carbons (Fsp3) is 0.222. The van der Waals surface area contributed by atoms with Crippen molar-refractivity contribution in [1.29, 1.82) is 0 Å². The molecule has 6 heteroatoms. The van der Waals surface area contributed by atoms with Gasteiger partial charge in [-0.2, -0.15) is 0 Å². The SMILES string of the molecule is c1cnc2ncc(-c3ccn4nc(NC5CCC5)ncc34)cc2c1. The maximum atomic E-state index is 4.57. The fourth-order valence-corrected chi connectivity index (χ4v) is 3.06. The summed E-state index contributed by atoms with van der Waals surface area (Å²) in [5.41, 5.74) is 3.84. The second-order valence-corrected chi connectivity index (χ2v) is 6.19. The van der Waals surface area contributed by atoms with Crippen LogP contribution in [0.2, 0.25) is 0 Å². The van der Waals surface area contributed by atoms with Crippen molar-refractivity contribution in [3.05, 3.63) is 49.1 Å². The zero-order valence-corrected chi connectivity index (χ0v) is 13.1. The molecule has 0 aliphatic heterocycles. The van der Waals surface area contributed by atoms with Crippen LogP contribution in [0, 0.1) is 0 Å². The summed E-state index contributed by atoms with van der Waals surface area (Å²) >= 11 is 0. The van der Waals surface area contributed by atoms with Crippen LogP contribution in [0.4, 0.5) is 5.95 Å². The van der Waals surface area contributed by atoms with E-state index in [1.807, 2.05) is 35.2 Å². The van der Waals surface area contributed by atoms with E-state index in [0.29, 0.717) is 12.0 Å². The summed E-state index contributed by atoms with van der Waals surface area (Å²) in [5, 5.41) is 8.97. The molecule has 0 aromatic carbocycles. The van der Waals surface area contributed by atoms with Crippen LogP contribution in [-0.2, 0) is 0 Å². The predicted octanol–water partition coefficient (Wildman–Crippen LogP) is 3.30. The van der Waals surface area contributed by atoms with Gasteiger partial charge in [0.2, 0.25) is 5.95 Å². The Kier molecular flexibility index (Phi) is 2.94. The van der Waals surface area contributed by atoms with Gasteiger partial charge in [0.1, 0.15) is 0 Å². The predicted molar refractivity (Wildman–Crippen MR) is 92.8 cm³/mol. The van der Waals surface area contributed by atoms with Crippen LogP contribution >= 0.6 is 0 Å². The van der Waals surface area contributed by atoms with Gasteiger partial charge >= 0.3 is 0 Å². The molecule has 5 rings (SSSR count). The van der Waals surface area contributed by atoms with Gasteiger partial charge in [-0.05, 0) is 43.5 Å². The quantitative estimate of drug-likeness (QED) is 0.628. The van der Waals surface area contributed by atoms with E-state index in [9.17, 15) is 0 Å². The molecule has 1 N–H and O–H groups in total. The third-order valence-corrected chi connectivity index (χ3v) is 4.62. The number of fused-ring (bicyclic) bond motifs is 2. The van der Waals surface area contributed by atoms with E-state index in [1.54, 1.807) is 6.20 Å². The minimum atomic E-state index is 0.523. The standard InChI is InChI=1S/C18H16N6/c1-4-14(5-1)22-18-21-11-16-15(6-8-24(16)23-18)13-9-12-3-2-7-19-17(12)20-10-13/h2-3,6-11,14H,1,4-5H2,(H,22,23). The smallest absolute Gasteiger partial charge is 0.241 e. The second kappa shape index (κ2) is 5.26. The highest BCUT2D eigenvalue weighted by atomic mass is 15.3. The Morgan fingerprint density at radius 3 is 2.92 bits per heavy atom. The summed E-state index contributed by atoms with van der Waals surface area (Å²) in [6, 6.07) is 8.62. The zero-order chi connectivity index (χ0) is 15.9. The van der Waals surface area contributed by atoms with E-state index >= 15 is 0 Å². The largest absolute Gasteiger partial charge is 0.350 e. The highest BCUT2D eigenvalue weighted by Crippen LogP contribution is 2.27. The number of rotatable bonds is 3. The molecule has 24 heavy (non-hydrogen) atoms. The van der Waals surface area contributed by atoms with Crippen molar-refractivity contribution in [3.8, 4) is 11.1 Å². The molecule has 0 spiro atoms. The van der Waals surface area contributed by atoms with Gasteiger partial charge in [0, 0.05) is 41.1 Å². The molecule has 1 aliphatic carbocycles. The summed E-state index contributed by atoms with van der Waals surface area (Å²) in [6.45, 7) is 0. The van der Waals surface area contributed by atoms with Crippen molar-refractivity contribution in [2.75, 3.05) is 5.32 Å².